The van der Waals surface area contributed by atoms with Crippen LogP contribution >= 0.6 is 0 Å². The summed E-state index contributed by atoms with van der Waals surface area (Å²) in [6.07, 6.45) is -2.99. The predicted molar refractivity (Wildman–Crippen MR) is 51.4 cm³/mol. The van der Waals surface area contributed by atoms with Crippen LogP contribution in [0.4, 0.5) is 17.6 Å². The van der Waals surface area contributed by atoms with E-state index in [1.54, 1.807) is 0 Å². The molecule has 1 aromatic carbocycles. The van der Waals surface area contributed by atoms with Crippen LogP contribution in [0.5, 0.6) is 0 Å². The average Bonchev–Trinajstić information content (AvgIpc) is 2.69. The van der Waals surface area contributed by atoms with E-state index < -0.39 is 17.6 Å². The molecule has 1 heterocycles. The lowest BCUT2D eigenvalue weighted by Gasteiger charge is -2.17. The molecule has 5 heteroatoms. The summed E-state index contributed by atoms with van der Waals surface area (Å²) in [5.74, 6) is -0.853. The maximum absolute atomic E-state index is 12.8. The Hall–Kier alpha value is -1.10. The highest BCUT2D eigenvalue weighted by Gasteiger charge is 2.36. The maximum Gasteiger partial charge on any atom is 0.416 e. The smallest absolute Gasteiger partial charge is 0.310 e. The zero-order valence-corrected chi connectivity index (χ0v) is 8.44. The van der Waals surface area contributed by atoms with Crippen molar-refractivity contribution in [2.24, 2.45) is 0 Å². The van der Waals surface area contributed by atoms with Gasteiger partial charge in [0.2, 0.25) is 0 Å². The number of benzene rings is 1. The Kier molecular flexibility index (Phi) is 2.88. The molecule has 16 heavy (non-hydrogen) atoms. The fraction of sp³-hybridized carbons (Fsp3) is 0.455. The Morgan fingerprint density at radius 3 is 2.56 bits per heavy atom. The number of hydrogen-bond acceptors (Lipinski definition) is 1. The summed E-state index contributed by atoms with van der Waals surface area (Å²) < 4.78 is 50.9. The van der Waals surface area contributed by atoms with Gasteiger partial charge in [-0.1, -0.05) is 6.07 Å². The number of halogens is 4. The minimum absolute atomic E-state index is 0.145. The first-order chi connectivity index (χ1) is 7.48. The standard InChI is InChI=1S/C11H11F4N/c12-7-3-4-8(10-2-1-5-16-10)9(6-7)11(13,14)15/h3-4,6,10,16H,1-2,5H2. The Morgan fingerprint density at radius 1 is 1.25 bits per heavy atom. The second-order valence-corrected chi connectivity index (χ2v) is 3.88. The molecule has 1 fully saturated rings. The van der Waals surface area contributed by atoms with E-state index in [9.17, 15) is 17.6 Å². The third-order valence-electron chi connectivity index (χ3n) is 2.76. The Morgan fingerprint density at radius 2 is 2.00 bits per heavy atom. The number of nitrogens with one attached hydrogen (secondary N) is 1. The van der Waals surface area contributed by atoms with Crippen molar-refractivity contribution in [2.75, 3.05) is 6.54 Å². The van der Waals surface area contributed by atoms with Crippen molar-refractivity contribution in [3.05, 3.63) is 35.1 Å². The predicted octanol–water partition coefficient (Wildman–Crippen LogP) is 3.27. The quantitative estimate of drug-likeness (QED) is 0.734. The van der Waals surface area contributed by atoms with Gasteiger partial charge in [-0.05, 0) is 37.1 Å². The molecule has 1 nitrogen and oxygen atoms in total. The molecule has 1 atom stereocenters. The topological polar surface area (TPSA) is 12.0 Å². The molecule has 1 aromatic rings. The van der Waals surface area contributed by atoms with Crippen molar-refractivity contribution < 1.29 is 17.6 Å². The van der Waals surface area contributed by atoms with Crippen molar-refractivity contribution in [2.45, 2.75) is 25.1 Å². The van der Waals surface area contributed by atoms with E-state index in [1.807, 2.05) is 0 Å². The zero-order valence-electron chi connectivity index (χ0n) is 8.44. The molecular formula is C11H11F4N. The molecule has 0 amide bonds. The SMILES string of the molecule is Fc1ccc(C2CCCN2)c(C(F)(F)F)c1. The Labute approximate surface area is 90.5 Å². The average molecular weight is 233 g/mol. The highest BCUT2D eigenvalue weighted by molar-refractivity contribution is 5.33. The maximum atomic E-state index is 12.8. The lowest BCUT2D eigenvalue weighted by Crippen LogP contribution is -2.18. The van der Waals surface area contributed by atoms with Crippen LogP contribution < -0.4 is 5.32 Å². The minimum atomic E-state index is -4.50. The summed E-state index contributed by atoms with van der Waals surface area (Å²) in [6, 6.07) is 2.55. The Balaban J connectivity index is 2.43. The monoisotopic (exact) mass is 233 g/mol. The van der Waals surface area contributed by atoms with Crippen molar-refractivity contribution >= 4 is 0 Å². The third-order valence-corrected chi connectivity index (χ3v) is 2.76. The van der Waals surface area contributed by atoms with Crippen LogP contribution in [0.15, 0.2) is 18.2 Å². The Bertz CT molecular complexity index is 380. The highest BCUT2D eigenvalue weighted by atomic mass is 19.4. The third kappa shape index (κ3) is 2.19. The molecule has 0 spiro atoms. The van der Waals surface area contributed by atoms with Gasteiger partial charge in [0.15, 0.2) is 0 Å². The zero-order chi connectivity index (χ0) is 11.8. The lowest BCUT2D eigenvalue weighted by atomic mass is 9.98. The molecule has 0 radical (unpaired) electrons. The van der Waals surface area contributed by atoms with Gasteiger partial charge in [-0.15, -0.1) is 0 Å². The van der Waals surface area contributed by atoms with E-state index >= 15 is 0 Å². The summed E-state index contributed by atoms with van der Waals surface area (Å²) in [5, 5.41) is 2.98. The van der Waals surface area contributed by atoms with Crippen LogP contribution in [-0.2, 0) is 6.18 Å². The van der Waals surface area contributed by atoms with Crippen molar-refractivity contribution in [3.63, 3.8) is 0 Å². The van der Waals surface area contributed by atoms with E-state index in [1.165, 1.54) is 6.07 Å². The van der Waals surface area contributed by atoms with Crippen molar-refractivity contribution in [1.82, 2.24) is 5.32 Å². The fourth-order valence-electron chi connectivity index (χ4n) is 2.03. The summed E-state index contributed by atoms with van der Waals surface area (Å²) >= 11 is 0. The fourth-order valence-corrected chi connectivity index (χ4v) is 2.03. The number of alkyl halides is 3. The molecule has 0 aliphatic carbocycles. The van der Waals surface area contributed by atoms with Crippen LogP contribution in [0.3, 0.4) is 0 Å². The second-order valence-electron chi connectivity index (χ2n) is 3.88. The van der Waals surface area contributed by atoms with E-state index in [-0.39, 0.29) is 11.6 Å². The highest BCUT2D eigenvalue weighted by Crippen LogP contribution is 2.37. The van der Waals surface area contributed by atoms with E-state index in [0.29, 0.717) is 19.0 Å². The first kappa shape index (κ1) is 11.4. The van der Waals surface area contributed by atoms with Crippen LogP contribution in [0.25, 0.3) is 0 Å². The van der Waals surface area contributed by atoms with Crippen LogP contribution in [0.1, 0.15) is 30.0 Å². The van der Waals surface area contributed by atoms with Crippen LogP contribution in [-0.4, -0.2) is 6.54 Å². The van der Waals surface area contributed by atoms with Gasteiger partial charge in [0.25, 0.3) is 0 Å². The number of hydrogen-bond donors (Lipinski definition) is 1. The van der Waals surface area contributed by atoms with Gasteiger partial charge in [0, 0.05) is 6.04 Å². The minimum Gasteiger partial charge on any atom is -0.310 e. The molecular weight excluding hydrogens is 222 g/mol. The summed E-state index contributed by atoms with van der Waals surface area (Å²) in [5.41, 5.74) is -0.724. The van der Waals surface area contributed by atoms with Crippen LogP contribution in [0.2, 0.25) is 0 Å². The molecule has 1 N–H and O–H groups in total. The second kappa shape index (κ2) is 4.05. The van der Waals surface area contributed by atoms with Crippen LogP contribution in [0, 0.1) is 5.82 Å². The largest absolute Gasteiger partial charge is 0.416 e. The van der Waals surface area contributed by atoms with E-state index in [0.717, 1.165) is 12.5 Å². The van der Waals surface area contributed by atoms with Gasteiger partial charge in [0.1, 0.15) is 5.82 Å². The molecule has 88 valence electrons. The lowest BCUT2D eigenvalue weighted by molar-refractivity contribution is -0.138. The van der Waals surface area contributed by atoms with E-state index in [2.05, 4.69) is 5.32 Å². The molecule has 1 saturated heterocycles. The summed E-state index contributed by atoms with van der Waals surface area (Å²) in [4.78, 5) is 0. The summed E-state index contributed by atoms with van der Waals surface area (Å²) in [7, 11) is 0. The van der Waals surface area contributed by atoms with Gasteiger partial charge in [-0.3, -0.25) is 0 Å². The first-order valence-corrected chi connectivity index (χ1v) is 5.08. The van der Waals surface area contributed by atoms with Crippen molar-refractivity contribution in [3.8, 4) is 0 Å². The van der Waals surface area contributed by atoms with Gasteiger partial charge >= 0.3 is 6.18 Å². The molecule has 1 unspecified atom stereocenters. The molecule has 1 aliphatic heterocycles. The van der Waals surface area contributed by atoms with Gasteiger partial charge in [-0.25, -0.2) is 4.39 Å². The van der Waals surface area contributed by atoms with Gasteiger partial charge in [-0.2, -0.15) is 13.2 Å². The molecule has 0 aromatic heterocycles. The van der Waals surface area contributed by atoms with Crippen molar-refractivity contribution in [1.29, 1.82) is 0 Å². The normalized spacial score (nSPS) is 21.4. The molecule has 0 bridgehead atoms. The molecule has 0 saturated carbocycles. The first-order valence-electron chi connectivity index (χ1n) is 5.08. The van der Waals surface area contributed by atoms with E-state index in [4.69, 9.17) is 0 Å². The molecule has 2 rings (SSSR count). The van der Waals surface area contributed by atoms with Gasteiger partial charge < -0.3 is 5.32 Å². The summed E-state index contributed by atoms with van der Waals surface area (Å²) in [6.45, 7) is 0.708. The molecule has 1 aliphatic rings. The van der Waals surface area contributed by atoms with Gasteiger partial charge in [0.05, 0.1) is 5.56 Å². The number of rotatable bonds is 1.